The highest BCUT2D eigenvalue weighted by Gasteiger charge is 2.28. The summed E-state index contributed by atoms with van der Waals surface area (Å²) in [6, 6.07) is 7.31. The molecule has 1 aromatic carbocycles. The van der Waals surface area contributed by atoms with E-state index in [4.69, 9.17) is 0 Å². The van der Waals surface area contributed by atoms with Gasteiger partial charge in [-0.1, -0.05) is 18.2 Å². The van der Waals surface area contributed by atoms with Crippen LogP contribution in [-0.4, -0.2) is 41.8 Å². The number of para-hydroxylation sites is 1. The first kappa shape index (κ1) is 16.4. The van der Waals surface area contributed by atoms with Crippen LogP contribution >= 0.6 is 0 Å². The van der Waals surface area contributed by atoms with Crippen LogP contribution in [0.4, 0.5) is 11.6 Å². The Balaban J connectivity index is 1.64. The molecule has 1 unspecified atom stereocenters. The first-order valence-corrected chi connectivity index (χ1v) is 9.41. The lowest BCUT2D eigenvalue weighted by Crippen LogP contribution is -2.22. The summed E-state index contributed by atoms with van der Waals surface area (Å²) in [5.74, 6) is 0.303. The molecule has 1 saturated heterocycles. The zero-order valence-electron chi connectivity index (χ0n) is 13.2. The average molecular weight is 346 g/mol. The van der Waals surface area contributed by atoms with Gasteiger partial charge in [0.15, 0.2) is 9.84 Å². The molecule has 2 N–H and O–H groups in total. The Morgan fingerprint density at radius 3 is 2.54 bits per heavy atom. The molecule has 2 heterocycles. The fourth-order valence-electron chi connectivity index (χ4n) is 2.52. The molecule has 1 amide bonds. The molecule has 0 aliphatic carbocycles. The Labute approximate surface area is 140 Å². The summed E-state index contributed by atoms with van der Waals surface area (Å²) in [5, 5.41) is 5.80. The van der Waals surface area contributed by atoms with E-state index in [0.717, 1.165) is 11.3 Å². The number of carbonyl (C=O) groups excluding carboxylic acids is 1. The Hall–Kier alpha value is -2.48. The van der Waals surface area contributed by atoms with E-state index in [9.17, 15) is 13.2 Å². The van der Waals surface area contributed by atoms with E-state index >= 15 is 0 Å². The van der Waals surface area contributed by atoms with E-state index in [-0.39, 0.29) is 23.5 Å². The molecule has 3 rings (SSSR count). The Morgan fingerprint density at radius 2 is 1.92 bits per heavy atom. The second-order valence-electron chi connectivity index (χ2n) is 5.81. The quantitative estimate of drug-likeness (QED) is 0.873. The molecule has 0 bridgehead atoms. The summed E-state index contributed by atoms with van der Waals surface area (Å²) in [5.41, 5.74) is 2.04. The maximum Gasteiger partial charge on any atom is 0.258 e. The lowest BCUT2D eigenvalue weighted by atomic mass is 10.2. The number of carbonyl (C=O) groups is 1. The third-order valence-corrected chi connectivity index (χ3v) is 5.64. The van der Waals surface area contributed by atoms with E-state index in [0.29, 0.717) is 17.9 Å². The van der Waals surface area contributed by atoms with Crippen molar-refractivity contribution in [1.82, 2.24) is 9.97 Å². The van der Waals surface area contributed by atoms with Crippen molar-refractivity contribution in [3.05, 3.63) is 47.8 Å². The zero-order valence-corrected chi connectivity index (χ0v) is 14.0. The molecular formula is C16H18N4O3S. The van der Waals surface area contributed by atoms with Crippen molar-refractivity contribution >= 4 is 27.4 Å². The van der Waals surface area contributed by atoms with Crippen LogP contribution in [0.15, 0.2) is 36.7 Å². The number of aromatic nitrogens is 2. The van der Waals surface area contributed by atoms with E-state index in [2.05, 4.69) is 20.6 Å². The predicted octanol–water partition coefficient (Wildman–Crippen LogP) is 1.64. The summed E-state index contributed by atoms with van der Waals surface area (Å²) in [4.78, 5) is 20.4. The van der Waals surface area contributed by atoms with Gasteiger partial charge in [0.1, 0.15) is 0 Å². The number of hydrogen-bond acceptors (Lipinski definition) is 6. The van der Waals surface area contributed by atoms with E-state index in [1.165, 1.54) is 12.4 Å². The molecule has 1 aliphatic rings. The van der Waals surface area contributed by atoms with Crippen molar-refractivity contribution in [1.29, 1.82) is 0 Å². The normalized spacial score (nSPS) is 19.0. The molecule has 0 saturated carbocycles. The smallest absolute Gasteiger partial charge is 0.258 e. The average Bonchev–Trinajstić information content (AvgIpc) is 2.89. The minimum absolute atomic E-state index is 0.0892. The second-order valence-corrected chi connectivity index (χ2v) is 8.04. The number of hydrogen-bond donors (Lipinski definition) is 2. The zero-order chi connectivity index (χ0) is 17.2. The van der Waals surface area contributed by atoms with Crippen molar-refractivity contribution in [3.8, 4) is 0 Å². The van der Waals surface area contributed by atoms with Gasteiger partial charge in [-0.05, 0) is 25.0 Å². The Bertz CT molecular complexity index is 850. The number of anilines is 2. The van der Waals surface area contributed by atoms with Crippen LogP contribution in [0.5, 0.6) is 0 Å². The minimum atomic E-state index is -2.96. The molecule has 1 fully saturated rings. The van der Waals surface area contributed by atoms with Gasteiger partial charge < -0.3 is 10.6 Å². The van der Waals surface area contributed by atoms with Gasteiger partial charge in [-0.25, -0.2) is 18.4 Å². The van der Waals surface area contributed by atoms with Gasteiger partial charge in [0, 0.05) is 24.1 Å². The van der Waals surface area contributed by atoms with Crippen molar-refractivity contribution in [2.24, 2.45) is 0 Å². The fourth-order valence-corrected chi connectivity index (χ4v) is 4.19. The number of aryl methyl sites for hydroxylation is 1. The third-order valence-electron chi connectivity index (χ3n) is 3.87. The summed E-state index contributed by atoms with van der Waals surface area (Å²) in [7, 11) is -2.96. The molecule has 126 valence electrons. The van der Waals surface area contributed by atoms with Gasteiger partial charge in [-0.15, -0.1) is 0 Å². The molecule has 24 heavy (non-hydrogen) atoms. The van der Waals surface area contributed by atoms with Crippen LogP contribution in [0.25, 0.3) is 0 Å². The van der Waals surface area contributed by atoms with E-state index < -0.39 is 9.84 Å². The SMILES string of the molecule is Cc1ccccc1NC(=O)c1cnc(NC2CCS(=O)(=O)C2)nc1. The summed E-state index contributed by atoms with van der Waals surface area (Å²) < 4.78 is 22.9. The Kier molecular flexibility index (Phi) is 4.48. The Morgan fingerprint density at radius 1 is 1.21 bits per heavy atom. The van der Waals surface area contributed by atoms with Gasteiger partial charge in [-0.2, -0.15) is 0 Å². The minimum Gasteiger partial charge on any atom is -0.350 e. The lowest BCUT2D eigenvalue weighted by molar-refractivity contribution is 0.102. The largest absolute Gasteiger partial charge is 0.350 e. The maximum atomic E-state index is 12.2. The molecule has 0 radical (unpaired) electrons. The van der Waals surface area contributed by atoms with Gasteiger partial charge in [0.2, 0.25) is 5.95 Å². The standard InChI is InChI=1S/C16H18N4O3S/c1-11-4-2-3-5-14(11)20-15(21)12-8-17-16(18-9-12)19-13-6-7-24(22,23)10-13/h2-5,8-9,13H,6-7,10H2,1H3,(H,20,21)(H,17,18,19). The van der Waals surface area contributed by atoms with Gasteiger partial charge in [-0.3, -0.25) is 4.79 Å². The number of rotatable bonds is 4. The van der Waals surface area contributed by atoms with Gasteiger partial charge >= 0.3 is 0 Å². The van der Waals surface area contributed by atoms with Crippen LogP contribution in [0.3, 0.4) is 0 Å². The predicted molar refractivity (Wildman–Crippen MR) is 91.8 cm³/mol. The first-order valence-electron chi connectivity index (χ1n) is 7.59. The summed E-state index contributed by atoms with van der Waals surface area (Å²) >= 11 is 0. The lowest BCUT2D eigenvalue weighted by Gasteiger charge is -2.11. The van der Waals surface area contributed by atoms with Crippen molar-refractivity contribution in [3.63, 3.8) is 0 Å². The van der Waals surface area contributed by atoms with Crippen molar-refractivity contribution < 1.29 is 13.2 Å². The van der Waals surface area contributed by atoms with Crippen LogP contribution in [0.2, 0.25) is 0 Å². The molecular weight excluding hydrogens is 328 g/mol. The van der Waals surface area contributed by atoms with Crippen LogP contribution in [0, 0.1) is 6.92 Å². The van der Waals surface area contributed by atoms with Crippen molar-refractivity contribution in [2.75, 3.05) is 22.1 Å². The molecule has 2 aromatic rings. The summed E-state index contributed by atoms with van der Waals surface area (Å²) in [6.07, 6.45) is 3.39. The topological polar surface area (TPSA) is 101 Å². The molecule has 1 atom stereocenters. The van der Waals surface area contributed by atoms with Crippen LogP contribution in [0.1, 0.15) is 22.3 Å². The highest BCUT2D eigenvalue weighted by Crippen LogP contribution is 2.16. The van der Waals surface area contributed by atoms with Crippen LogP contribution < -0.4 is 10.6 Å². The number of nitrogens with zero attached hydrogens (tertiary/aromatic N) is 2. The van der Waals surface area contributed by atoms with E-state index in [1.54, 1.807) is 0 Å². The fraction of sp³-hybridized carbons (Fsp3) is 0.312. The van der Waals surface area contributed by atoms with Crippen LogP contribution in [-0.2, 0) is 9.84 Å². The highest BCUT2D eigenvalue weighted by molar-refractivity contribution is 7.91. The number of amides is 1. The molecule has 1 aliphatic heterocycles. The van der Waals surface area contributed by atoms with E-state index in [1.807, 2.05) is 31.2 Å². The monoisotopic (exact) mass is 346 g/mol. The number of benzene rings is 1. The second kappa shape index (κ2) is 6.56. The summed E-state index contributed by atoms with van der Waals surface area (Å²) in [6.45, 7) is 1.91. The highest BCUT2D eigenvalue weighted by atomic mass is 32.2. The van der Waals surface area contributed by atoms with Crippen molar-refractivity contribution in [2.45, 2.75) is 19.4 Å². The molecule has 8 heteroatoms. The molecule has 7 nitrogen and oxygen atoms in total. The molecule has 0 spiro atoms. The van der Waals surface area contributed by atoms with Gasteiger partial charge in [0.05, 0.1) is 17.1 Å². The third kappa shape index (κ3) is 3.88. The van der Waals surface area contributed by atoms with Gasteiger partial charge in [0.25, 0.3) is 5.91 Å². The molecule has 1 aromatic heterocycles. The maximum absolute atomic E-state index is 12.2. The number of sulfone groups is 1. The first-order chi connectivity index (χ1) is 11.4. The number of nitrogens with one attached hydrogen (secondary N) is 2.